The first-order valence-corrected chi connectivity index (χ1v) is 13.4. The Labute approximate surface area is 219 Å². The largest absolute Gasteiger partial charge is 0.487 e. The van der Waals surface area contributed by atoms with Crippen molar-refractivity contribution in [3.8, 4) is 5.75 Å². The van der Waals surface area contributed by atoms with Crippen LogP contribution in [0.25, 0.3) is 0 Å². The number of benzene rings is 2. The number of amides is 2. The molecule has 0 aliphatic carbocycles. The van der Waals surface area contributed by atoms with E-state index in [1.54, 1.807) is 0 Å². The zero-order chi connectivity index (χ0) is 26.2. The van der Waals surface area contributed by atoms with Crippen LogP contribution in [0.3, 0.4) is 0 Å². The van der Waals surface area contributed by atoms with E-state index in [4.69, 9.17) is 14.2 Å². The normalized spacial score (nSPS) is 26.7. The lowest BCUT2D eigenvalue weighted by molar-refractivity contribution is -0.189. The molecule has 5 rings (SSSR count). The molecule has 7 heteroatoms. The van der Waals surface area contributed by atoms with E-state index in [0.717, 1.165) is 29.7 Å². The number of rotatable bonds is 5. The maximum atomic E-state index is 13.6. The van der Waals surface area contributed by atoms with E-state index in [1.807, 2.05) is 67.3 Å². The first-order valence-electron chi connectivity index (χ1n) is 13.4. The number of fused-ring (bicyclic) bond motifs is 4. The quantitative estimate of drug-likeness (QED) is 0.610. The molecule has 0 aromatic heterocycles. The number of likely N-dealkylation sites (tertiary alicyclic amines) is 1. The predicted molar refractivity (Wildman–Crippen MR) is 140 cm³/mol. The SMILES string of the molecule is CC(C)[C@H](NC(=O)OCc1ccccc1)C(=O)N1CC[C@H]2O[C@H]3c4ccccc4OC(C)(C)[C@@H]3C[C@H]2C1. The van der Waals surface area contributed by atoms with Gasteiger partial charge in [-0.05, 0) is 44.2 Å². The van der Waals surface area contributed by atoms with Crippen LogP contribution in [0.1, 0.15) is 57.8 Å². The fourth-order valence-electron chi connectivity index (χ4n) is 6.06. The number of ether oxygens (including phenoxy) is 3. The maximum Gasteiger partial charge on any atom is 0.408 e. The van der Waals surface area contributed by atoms with Crippen LogP contribution in [0.15, 0.2) is 54.6 Å². The summed E-state index contributed by atoms with van der Waals surface area (Å²) in [4.78, 5) is 28.0. The fraction of sp³-hybridized carbons (Fsp3) is 0.533. The average Bonchev–Trinajstić information content (AvgIpc) is 2.89. The Morgan fingerprint density at radius 2 is 1.84 bits per heavy atom. The summed E-state index contributed by atoms with van der Waals surface area (Å²) < 4.78 is 18.5. The zero-order valence-corrected chi connectivity index (χ0v) is 22.2. The summed E-state index contributed by atoms with van der Waals surface area (Å²) in [5, 5.41) is 2.82. The van der Waals surface area contributed by atoms with Crippen molar-refractivity contribution in [2.45, 2.75) is 71.0 Å². The molecule has 0 spiro atoms. The minimum absolute atomic E-state index is 0.00733. The Morgan fingerprint density at radius 1 is 1.11 bits per heavy atom. The second-order valence-electron chi connectivity index (χ2n) is 11.4. The van der Waals surface area contributed by atoms with Gasteiger partial charge in [-0.1, -0.05) is 62.4 Å². The Hall–Kier alpha value is -3.06. The van der Waals surface area contributed by atoms with E-state index >= 15 is 0 Å². The van der Waals surface area contributed by atoms with Crippen molar-refractivity contribution in [2.24, 2.45) is 17.8 Å². The van der Waals surface area contributed by atoms with Crippen LogP contribution in [0.4, 0.5) is 4.79 Å². The Morgan fingerprint density at radius 3 is 2.59 bits per heavy atom. The third-order valence-electron chi connectivity index (χ3n) is 8.13. The molecule has 1 N–H and O–H groups in total. The van der Waals surface area contributed by atoms with Gasteiger partial charge in [0.25, 0.3) is 0 Å². The molecule has 5 atom stereocenters. The van der Waals surface area contributed by atoms with E-state index in [9.17, 15) is 9.59 Å². The van der Waals surface area contributed by atoms with Crippen molar-refractivity contribution in [1.82, 2.24) is 10.2 Å². The summed E-state index contributed by atoms with van der Waals surface area (Å²) in [7, 11) is 0. The topological polar surface area (TPSA) is 77.1 Å². The van der Waals surface area contributed by atoms with Crippen LogP contribution in [0, 0.1) is 17.8 Å². The van der Waals surface area contributed by atoms with Gasteiger partial charge in [-0.15, -0.1) is 0 Å². The number of hydrogen-bond donors (Lipinski definition) is 1. The molecule has 7 nitrogen and oxygen atoms in total. The van der Waals surface area contributed by atoms with Gasteiger partial charge in [-0.3, -0.25) is 4.79 Å². The highest BCUT2D eigenvalue weighted by Gasteiger charge is 2.51. The average molecular weight is 507 g/mol. The smallest absolute Gasteiger partial charge is 0.408 e. The number of hydrogen-bond acceptors (Lipinski definition) is 5. The van der Waals surface area contributed by atoms with E-state index in [-0.39, 0.29) is 48.1 Å². The Kier molecular flexibility index (Phi) is 7.17. The molecule has 0 saturated carbocycles. The summed E-state index contributed by atoms with van der Waals surface area (Å²) >= 11 is 0. The lowest BCUT2D eigenvalue weighted by Crippen LogP contribution is -2.58. The van der Waals surface area contributed by atoms with Gasteiger partial charge in [0.05, 0.1) is 12.2 Å². The minimum Gasteiger partial charge on any atom is -0.487 e. The third-order valence-corrected chi connectivity index (χ3v) is 8.13. The predicted octanol–water partition coefficient (Wildman–Crippen LogP) is 5.10. The lowest BCUT2D eigenvalue weighted by atomic mass is 9.70. The van der Waals surface area contributed by atoms with Gasteiger partial charge >= 0.3 is 6.09 Å². The molecular weight excluding hydrogens is 468 g/mol. The van der Waals surface area contributed by atoms with Crippen LogP contribution >= 0.6 is 0 Å². The first-order chi connectivity index (χ1) is 17.7. The van der Waals surface area contributed by atoms with Gasteiger partial charge in [0, 0.05) is 30.5 Å². The second kappa shape index (κ2) is 10.4. The Bertz CT molecular complexity index is 1120. The van der Waals surface area contributed by atoms with Crippen molar-refractivity contribution >= 4 is 12.0 Å². The molecule has 2 amide bonds. The molecule has 0 unspecified atom stereocenters. The fourth-order valence-corrected chi connectivity index (χ4v) is 6.06. The summed E-state index contributed by atoms with van der Waals surface area (Å²) in [5.41, 5.74) is 1.67. The number of nitrogens with one attached hydrogen (secondary N) is 1. The van der Waals surface area contributed by atoms with E-state index in [0.29, 0.717) is 13.1 Å². The monoisotopic (exact) mass is 506 g/mol. The van der Waals surface area contributed by atoms with Gasteiger partial charge in [0.1, 0.15) is 24.0 Å². The van der Waals surface area contributed by atoms with E-state index in [2.05, 4.69) is 25.2 Å². The van der Waals surface area contributed by atoms with Crippen LogP contribution in [-0.2, 0) is 20.9 Å². The highest BCUT2D eigenvalue weighted by Crippen LogP contribution is 2.52. The summed E-state index contributed by atoms with van der Waals surface area (Å²) in [6, 6.07) is 17.0. The van der Waals surface area contributed by atoms with Gasteiger partial charge in [0.15, 0.2) is 0 Å². The summed E-state index contributed by atoms with van der Waals surface area (Å²) in [5.74, 6) is 1.21. The molecule has 2 aromatic carbocycles. The Balaban J connectivity index is 1.23. The molecule has 0 bridgehead atoms. The number of carbonyl (C=O) groups is 2. The number of carbonyl (C=O) groups excluding carboxylic acids is 2. The minimum atomic E-state index is -0.640. The number of para-hydroxylation sites is 1. The van der Waals surface area contributed by atoms with Crippen molar-refractivity contribution in [3.63, 3.8) is 0 Å². The van der Waals surface area contributed by atoms with Crippen LogP contribution < -0.4 is 10.1 Å². The molecule has 3 aliphatic rings. The standard InChI is InChI=1S/C30H38N2O5/c1-19(2)26(31-29(34)35-18-20-10-6-5-7-11-20)28(33)32-15-14-24-21(17-32)16-23-27(36-24)22-12-8-9-13-25(22)37-30(23,3)4/h5-13,19,21,23-24,26-27H,14-18H2,1-4H3,(H,31,34)/t21-,23+,24+,26-,27-/m0/s1. The molecule has 3 aliphatic heterocycles. The number of nitrogens with zero attached hydrogens (tertiary/aromatic N) is 1. The number of piperidine rings is 1. The third kappa shape index (κ3) is 5.33. The molecular formula is C30H38N2O5. The highest BCUT2D eigenvalue weighted by molar-refractivity contribution is 5.86. The molecule has 0 radical (unpaired) electrons. The van der Waals surface area contributed by atoms with E-state index < -0.39 is 12.1 Å². The van der Waals surface area contributed by atoms with Crippen LogP contribution in [0.2, 0.25) is 0 Å². The molecule has 37 heavy (non-hydrogen) atoms. The van der Waals surface area contributed by atoms with Crippen molar-refractivity contribution < 1.29 is 23.8 Å². The van der Waals surface area contributed by atoms with Crippen molar-refractivity contribution in [2.75, 3.05) is 13.1 Å². The molecule has 2 fully saturated rings. The number of alkyl carbamates (subject to hydrolysis) is 1. The van der Waals surface area contributed by atoms with Crippen molar-refractivity contribution in [1.29, 1.82) is 0 Å². The molecule has 198 valence electrons. The zero-order valence-electron chi connectivity index (χ0n) is 22.2. The maximum absolute atomic E-state index is 13.6. The van der Waals surface area contributed by atoms with E-state index in [1.165, 1.54) is 0 Å². The van der Waals surface area contributed by atoms with Gasteiger partial charge < -0.3 is 24.4 Å². The van der Waals surface area contributed by atoms with Crippen molar-refractivity contribution in [3.05, 3.63) is 65.7 Å². The van der Waals surface area contributed by atoms with Gasteiger partial charge in [-0.25, -0.2) is 4.79 Å². The summed E-state index contributed by atoms with van der Waals surface area (Å²) in [6.07, 6.45) is 1.25. The molecule has 3 heterocycles. The second-order valence-corrected chi connectivity index (χ2v) is 11.4. The highest BCUT2D eigenvalue weighted by atomic mass is 16.5. The molecule has 2 aromatic rings. The van der Waals surface area contributed by atoms with Crippen LogP contribution in [0.5, 0.6) is 5.75 Å². The van der Waals surface area contributed by atoms with Gasteiger partial charge in [0.2, 0.25) is 5.91 Å². The lowest BCUT2D eigenvalue weighted by Gasteiger charge is -2.53. The van der Waals surface area contributed by atoms with Crippen LogP contribution in [-0.4, -0.2) is 47.7 Å². The summed E-state index contributed by atoms with van der Waals surface area (Å²) in [6.45, 7) is 9.56. The van der Waals surface area contributed by atoms with Gasteiger partial charge in [-0.2, -0.15) is 0 Å². The first kappa shape index (κ1) is 25.6. The molecule has 2 saturated heterocycles.